The first-order chi connectivity index (χ1) is 14.4. The summed E-state index contributed by atoms with van der Waals surface area (Å²) in [6, 6.07) is 3.44. The second-order valence-electron chi connectivity index (χ2n) is 6.15. The number of halogens is 2. The summed E-state index contributed by atoms with van der Waals surface area (Å²) < 4.78 is 12.5. The van der Waals surface area contributed by atoms with Gasteiger partial charge in [-0.15, -0.1) is 0 Å². The molecular weight excluding hydrogens is 520 g/mol. The first-order valence-electron chi connectivity index (χ1n) is 9.48. The van der Waals surface area contributed by atoms with Gasteiger partial charge in [0.1, 0.15) is 11.3 Å². The summed E-state index contributed by atoms with van der Waals surface area (Å²) in [6.07, 6.45) is 5.17. The van der Waals surface area contributed by atoms with Crippen molar-refractivity contribution in [2.24, 2.45) is 0 Å². The number of nitrogens with one attached hydrogen (secondary N) is 2. The zero-order chi connectivity index (χ0) is 22.4. The molecule has 0 fully saturated rings. The van der Waals surface area contributed by atoms with Gasteiger partial charge in [-0.2, -0.15) is 0 Å². The second kappa shape index (κ2) is 14.8. The molecule has 9 heteroatoms. The number of ether oxygens (including phenoxy) is 2. The molecule has 0 spiro atoms. The Morgan fingerprint density at radius 1 is 0.900 bits per heavy atom. The van der Waals surface area contributed by atoms with Crippen LogP contribution in [-0.2, 0) is 14.3 Å². The van der Waals surface area contributed by atoms with Gasteiger partial charge < -0.3 is 20.1 Å². The van der Waals surface area contributed by atoms with Crippen molar-refractivity contribution in [1.82, 2.24) is 10.6 Å². The van der Waals surface area contributed by atoms with Crippen molar-refractivity contribution in [3.63, 3.8) is 0 Å². The van der Waals surface area contributed by atoms with Crippen molar-refractivity contribution in [1.29, 1.82) is 0 Å². The number of hydrogen-bond donors (Lipinski definition) is 2. The number of benzene rings is 1. The number of carbonyl (C=O) groups is 3. The third-order valence-electron chi connectivity index (χ3n) is 3.82. The summed E-state index contributed by atoms with van der Waals surface area (Å²) in [5, 5.41) is 5.36. The zero-order valence-electron chi connectivity index (χ0n) is 16.7. The smallest absolute Gasteiger partial charge is 0.342 e. The molecule has 0 aliphatic carbocycles. The van der Waals surface area contributed by atoms with Gasteiger partial charge in [-0.1, -0.05) is 29.1 Å². The lowest BCUT2D eigenvalue weighted by molar-refractivity contribution is -0.117. The monoisotopic (exact) mass is 544 g/mol. The number of esters is 1. The molecule has 0 aromatic heterocycles. The highest BCUT2D eigenvalue weighted by Gasteiger charge is 2.18. The van der Waals surface area contributed by atoms with Gasteiger partial charge in [0.15, 0.2) is 0 Å². The van der Waals surface area contributed by atoms with Gasteiger partial charge in [0.25, 0.3) is 0 Å². The van der Waals surface area contributed by atoms with Crippen LogP contribution in [0.4, 0.5) is 0 Å². The van der Waals surface area contributed by atoms with Crippen LogP contribution in [0.5, 0.6) is 5.75 Å². The fourth-order valence-corrected chi connectivity index (χ4v) is 3.64. The van der Waals surface area contributed by atoms with Crippen molar-refractivity contribution in [2.45, 2.75) is 25.7 Å². The number of carbonyl (C=O) groups excluding carboxylic acids is 3. The summed E-state index contributed by atoms with van der Waals surface area (Å²) in [4.78, 5) is 34.7. The highest BCUT2D eigenvalue weighted by Crippen LogP contribution is 2.33. The normalized spacial score (nSPS) is 10.1. The standard InChI is InChI=1S/C21H26Br2N2O5/c1-3-18(26)24-9-5-7-11-29-20-16(13-15(22)14-17(20)23)21(28)30-12-8-6-10-25-19(27)4-2/h3-4,13-14H,1-2,5-12H2,(H,24,26)(H,25,27). The van der Waals surface area contributed by atoms with E-state index in [-0.39, 0.29) is 18.4 Å². The van der Waals surface area contributed by atoms with E-state index in [0.717, 1.165) is 6.42 Å². The van der Waals surface area contributed by atoms with Gasteiger partial charge in [0.2, 0.25) is 11.8 Å². The van der Waals surface area contributed by atoms with E-state index in [2.05, 4.69) is 55.7 Å². The molecular formula is C21H26Br2N2O5. The van der Waals surface area contributed by atoms with E-state index in [1.807, 2.05) is 0 Å². The lowest BCUT2D eigenvalue weighted by Crippen LogP contribution is -2.22. The molecule has 0 saturated carbocycles. The Bertz CT molecular complexity index is 768. The van der Waals surface area contributed by atoms with E-state index in [4.69, 9.17) is 9.47 Å². The highest BCUT2D eigenvalue weighted by molar-refractivity contribution is 9.11. The molecule has 1 aromatic carbocycles. The Hall–Kier alpha value is -2.13. The van der Waals surface area contributed by atoms with Crippen molar-refractivity contribution < 1.29 is 23.9 Å². The Kier molecular flexibility index (Phi) is 12.8. The SMILES string of the molecule is C=CC(=O)NCCCCOC(=O)c1cc(Br)cc(Br)c1OCCCCNC(=O)C=C. The van der Waals surface area contributed by atoms with Crippen molar-refractivity contribution in [2.75, 3.05) is 26.3 Å². The number of hydrogen-bond acceptors (Lipinski definition) is 5. The predicted molar refractivity (Wildman–Crippen MR) is 123 cm³/mol. The van der Waals surface area contributed by atoms with E-state index in [1.165, 1.54) is 12.2 Å². The van der Waals surface area contributed by atoms with Gasteiger partial charge in [-0.05, 0) is 65.9 Å². The lowest BCUT2D eigenvalue weighted by atomic mass is 10.2. The van der Waals surface area contributed by atoms with Gasteiger partial charge in [0.05, 0.1) is 17.7 Å². The molecule has 0 radical (unpaired) electrons. The van der Waals surface area contributed by atoms with Gasteiger partial charge in [0, 0.05) is 17.6 Å². The van der Waals surface area contributed by atoms with Crippen LogP contribution in [0, 0.1) is 0 Å². The van der Waals surface area contributed by atoms with Gasteiger partial charge >= 0.3 is 5.97 Å². The second-order valence-corrected chi connectivity index (χ2v) is 7.92. The Morgan fingerprint density at radius 2 is 1.47 bits per heavy atom. The van der Waals surface area contributed by atoms with Crippen LogP contribution in [0.3, 0.4) is 0 Å². The average Bonchev–Trinajstić information content (AvgIpc) is 2.73. The molecule has 0 aliphatic heterocycles. The molecule has 7 nitrogen and oxygen atoms in total. The van der Waals surface area contributed by atoms with Gasteiger partial charge in [-0.25, -0.2) is 4.79 Å². The fourth-order valence-electron chi connectivity index (χ4n) is 2.30. The first kappa shape index (κ1) is 25.9. The van der Waals surface area contributed by atoms with E-state index >= 15 is 0 Å². The summed E-state index contributed by atoms with van der Waals surface area (Å²) in [6.45, 7) is 8.41. The number of rotatable bonds is 14. The molecule has 1 rings (SSSR count). The third-order valence-corrected chi connectivity index (χ3v) is 4.87. The van der Waals surface area contributed by atoms with Crippen LogP contribution in [0.15, 0.2) is 46.4 Å². The summed E-state index contributed by atoms with van der Waals surface area (Å²) in [7, 11) is 0. The van der Waals surface area contributed by atoms with E-state index < -0.39 is 5.97 Å². The summed E-state index contributed by atoms with van der Waals surface area (Å²) in [5.41, 5.74) is 0.316. The topological polar surface area (TPSA) is 93.7 Å². The molecule has 0 saturated heterocycles. The minimum absolute atomic E-state index is 0.209. The largest absolute Gasteiger partial charge is 0.491 e. The maximum Gasteiger partial charge on any atom is 0.342 e. The Labute approximate surface area is 193 Å². The zero-order valence-corrected chi connectivity index (χ0v) is 19.8. The molecule has 164 valence electrons. The van der Waals surface area contributed by atoms with Crippen molar-refractivity contribution >= 4 is 49.6 Å². The molecule has 0 unspecified atom stereocenters. The molecule has 2 N–H and O–H groups in total. The van der Waals surface area contributed by atoms with Crippen LogP contribution < -0.4 is 15.4 Å². The summed E-state index contributed by atoms with van der Waals surface area (Å²) in [5.74, 6) is -0.507. The molecule has 2 amide bonds. The molecule has 30 heavy (non-hydrogen) atoms. The lowest BCUT2D eigenvalue weighted by Gasteiger charge is -2.14. The predicted octanol–water partition coefficient (Wildman–Crippen LogP) is 3.91. The molecule has 1 aromatic rings. The Balaban J connectivity index is 2.50. The minimum atomic E-state index is -0.486. The summed E-state index contributed by atoms with van der Waals surface area (Å²) >= 11 is 6.79. The average molecular weight is 546 g/mol. The van der Waals surface area contributed by atoms with Crippen LogP contribution >= 0.6 is 31.9 Å². The molecule has 0 aliphatic rings. The molecule has 0 heterocycles. The number of amides is 2. The Morgan fingerprint density at radius 3 is 2.03 bits per heavy atom. The van der Waals surface area contributed by atoms with Crippen LogP contribution in [0.1, 0.15) is 36.0 Å². The van der Waals surface area contributed by atoms with Crippen LogP contribution in [-0.4, -0.2) is 44.1 Å². The van der Waals surface area contributed by atoms with E-state index in [0.29, 0.717) is 59.2 Å². The van der Waals surface area contributed by atoms with E-state index in [1.54, 1.807) is 12.1 Å². The molecule has 0 bridgehead atoms. The van der Waals surface area contributed by atoms with E-state index in [9.17, 15) is 14.4 Å². The maximum atomic E-state index is 12.5. The fraction of sp³-hybridized carbons (Fsp3) is 0.381. The van der Waals surface area contributed by atoms with Gasteiger partial charge in [-0.3, -0.25) is 9.59 Å². The van der Waals surface area contributed by atoms with Crippen molar-refractivity contribution in [3.8, 4) is 5.75 Å². The quantitative estimate of drug-likeness (QED) is 0.210. The number of unbranched alkanes of at least 4 members (excludes halogenated alkanes) is 2. The minimum Gasteiger partial charge on any atom is -0.491 e. The maximum absolute atomic E-state index is 12.5. The highest BCUT2D eigenvalue weighted by atomic mass is 79.9. The van der Waals surface area contributed by atoms with Crippen LogP contribution in [0.25, 0.3) is 0 Å². The van der Waals surface area contributed by atoms with Crippen LogP contribution in [0.2, 0.25) is 0 Å². The third kappa shape index (κ3) is 10.1. The molecule has 0 atom stereocenters. The van der Waals surface area contributed by atoms with Crippen molar-refractivity contribution in [3.05, 3.63) is 52.0 Å². The first-order valence-corrected chi connectivity index (χ1v) is 11.1.